The summed E-state index contributed by atoms with van der Waals surface area (Å²) >= 11 is 2.95. The molecule has 0 bridgehead atoms. The van der Waals surface area contributed by atoms with E-state index in [9.17, 15) is 14.4 Å². The number of carbonyl (C=O) groups excluding carboxylic acids is 2. The summed E-state index contributed by atoms with van der Waals surface area (Å²) in [6.07, 6.45) is 0.819. The van der Waals surface area contributed by atoms with Crippen LogP contribution in [0.1, 0.15) is 6.92 Å². The average molecular weight is 453 g/mol. The summed E-state index contributed by atoms with van der Waals surface area (Å²) in [5, 5.41) is 9.88. The van der Waals surface area contributed by atoms with E-state index < -0.39 is 6.10 Å². The topological polar surface area (TPSA) is 102 Å². The molecule has 0 fully saturated rings. The molecule has 1 aliphatic rings. The van der Waals surface area contributed by atoms with Crippen LogP contribution in [0.5, 0.6) is 5.75 Å². The lowest BCUT2D eigenvalue weighted by Gasteiger charge is -2.23. The Kier molecular flexibility index (Phi) is 4.79. The molecule has 1 aromatic carbocycles. The maximum Gasteiger partial charge on any atom is 0.265 e. The molecule has 2 N–H and O–H groups in total. The first kappa shape index (κ1) is 19.5. The van der Waals surface area contributed by atoms with Gasteiger partial charge in [0.2, 0.25) is 5.91 Å². The Labute approximate surface area is 184 Å². The molecule has 0 aliphatic carbocycles. The standard InChI is InChI=1S/C21H16N4O4S2/c1-11-19(27)24-14-7-12(4-5-15(14)29-11)23-17(26)8-25-10-22-20-18(21(25)28)13(9-31-20)16-3-2-6-30-16/h2-7,9-11H,8H2,1H3,(H,23,26)(H,24,27)/t11-/m1/s1. The zero-order valence-electron chi connectivity index (χ0n) is 16.2. The Morgan fingerprint density at radius 1 is 1.29 bits per heavy atom. The highest BCUT2D eigenvalue weighted by Gasteiger charge is 2.23. The van der Waals surface area contributed by atoms with Crippen molar-refractivity contribution >= 4 is 56.1 Å². The number of amides is 2. The molecule has 3 aromatic heterocycles. The van der Waals surface area contributed by atoms with Crippen molar-refractivity contribution in [3.63, 3.8) is 0 Å². The van der Waals surface area contributed by atoms with Gasteiger partial charge in [-0.2, -0.15) is 0 Å². The van der Waals surface area contributed by atoms with Crippen LogP contribution in [0.15, 0.2) is 52.2 Å². The van der Waals surface area contributed by atoms with Gasteiger partial charge in [-0.15, -0.1) is 22.7 Å². The van der Waals surface area contributed by atoms with Crippen LogP contribution in [0, 0.1) is 0 Å². The number of nitrogens with zero attached hydrogens (tertiary/aromatic N) is 2. The van der Waals surface area contributed by atoms with Crippen LogP contribution in [0.25, 0.3) is 20.7 Å². The van der Waals surface area contributed by atoms with E-state index in [2.05, 4.69) is 15.6 Å². The number of rotatable bonds is 4. The number of hydrogen-bond donors (Lipinski definition) is 2. The number of benzene rings is 1. The molecule has 8 nitrogen and oxygen atoms in total. The largest absolute Gasteiger partial charge is 0.479 e. The van der Waals surface area contributed by atoms with Crippen LogP contribution in [-0.2, 0) is 16.1 Å². The first-order chi connectivity index (χ1) is 15.0. The van der Waals surface area contributed by atoms with E-state index in [4.69, 9.17) is 4.74 Å². The lowest BCUT2D eigenvalue weighted by Crippen LogP contribution is -2.34. The zero-order chi connectivity index (χ0) is 21.5. The number of aromatic nitrogens is 2. The number of anilines is 2. The van der Waals surface area contributed by atoms with Gasteiger partial charge in [-0.25, -0.2) is 4.98 Å². The number of hydrogen-bond acceptors (Lipinski definition) is 7. The second-order valence-corrected chi connectivity index (χ2v) is 8.80. The van der Waals surface area contributed by atoms with Gasteiger partial charge < -0.3 is 15.4 Å². The van der Waals surface area contributed by atoms with Crippen molar-refractivity contribution in [3.05, 3.63) is 57.8 Å². The number of carbonyl (C=O) groups is 2. The summed E-state index contributed by atoms with van der Waals surface area (Å²) in [5.41, 5.74) is 1.55. The SMILES string of the molecule is C[C@H]1Oc2ccc(NC(=O)Cn3cnc4scc(-c5cccs5)c4c3=O)cc2NC1=O. The fraction of sp³-hybridized carbons (Fsp3) is 0.143. The van der Waals surface area contributed by atoms with Crippen molar-refractivity contribution in [2.24, 2.45) is 0 Å². The Hall–Kier alpha value is -3.50. The molecular weight excluding hydrogens is 436 g/mol. The zero-order valence-corrected chi connectivity index (χ0v) is 17.9. The Morgan fingerprint density at radius 2 is 2.16 bits per heavy atom. The third-order valence-electron chi connectivity index (χ3n) is 4.86. The number of ether oxygens (including phenoxy) is 1. The molecule has 0 spiro atoms. The summed E-state index contributed by atoms with van der Waals surface area (Å²) in [5.74, 6) is -0.0960. The summed E-state index contributed by atoms with van der Waals surface area (Å²) in [7, 11) is 0. The van der Waals surface area contributed by atoms with Gasteiger partial charge >= 0.3 is 0 Å². The number of nitrogens with one attached hydrogen (secondary N) is 2. The minimum absolute atomic E-state index is 0.182. The van der Waals surface area contributed by atoms with E-state index in [0.717, 1.165) is 10.4 Å². The molecule has 1 atom stereocenters. The highest BCUT2D eigenvalue weighted by molar-refractivity contribution is 7.18. The van der Waals surface area contributed by atoms with Gasteiger partial charge in [0, 0.05) is 21.5 Å². The fourth-order valence-electron chi connectivity index (χ4n) is 3.34. The molecule has 10 heteroatoms. The Bertz CT molecular complexity index is 1370. The molecule has 2 amide bonds. The summed E-state index contributed by atoms with van der Waals surface area (Å²) in [6.45, 7) is 1.48. The first-order valence-electron chi connectivity index (χ1n) is 9.41. The van der Waals surface area contributed by atoms with Gasteiger partial charge in [0.15, 0.2) is 6.10 Å². The number of fused-ring (bicyclic) bond motifs is 2. The second-order valence-electron chi connectivity index (χ2n) is 6.99. The van der Waals surface area contributed by atoms with Crippen molar-refractivity contribution in [2.75, 3.05) is 10.6 Å². The summed E-state index contributed by atoms with van der Waals surface area (Å²) in [4.78, 5) is 43.4. The van der Waals surface area contributed by atoms with Crippen LogP contribution in [-0.4, -0.2) is 27.5 Å². The molecule has 5 rings (SSSR count). The highest BCUT2D eigenvalue weighted by atomic mass is 32.1. The maximum atomic E-state index is 13.0. The molecule has 1 aliphatic heterocycles. The van der Waals surface area contributed by atoms with E-state index in [-0.39, 0.29) is 23.9 Å². The van der Waals surface area contributed by atoms with Crippen LogP contribution < -0.4 is 20.9 Å². The van der Waals surface area contributed by atoms with Crippen molar-refractivity contribution in [3.8, 4) is 16.2 Å². The van der Waals surface area contributed by atoms with Crippen molar-refractivity contribution < 1.29 is 14.3 Å². The molecule has 0 radical (unpaired) electrons. The van der Waals surface area contributed by atoms with Crippen LogP contribution in [0.4, 0.5) is 11.4 Å². The minimum atomic E-state index is -0.571. The number of thiophene rings is 2. The smallest absolute Gasteiger partial charge is 0.265 e. The van der Waals surface area contributed by atoms with Gasteiger partial charge in [-0.3, -0.25) is 19.0 Å². The Balaban J connectivity index is 1.38. The van der Waals surface area contributed by atoms with Crippen molar-refractivity contribution in [1.29, 1.82) is 0 Å². The molecule has 0 saturated carbocycles. The second kappa shape index (κ2) is 7.64. The van der Waals surface area contributed by atoms with Crippen molar-refractivity contribution in [1.82, 2.24) is 9.55 Å². The normalized spacial score (nSPS) is 15.3. The average Bonchev–Trinajstić information content (AvgIpc) is 3.41. The fourth-order valence-corrected chi connectivity index (χ4v) is 5.06. The molecule has 0 saturated heterocycles. The monoisotopic (exact) mass is 452 g/mol. The molecule has 31 heavy (non-hydrogen) atoms. The van der Waals surface area contributed by atoms with Gasteiger partial charge in [-0.1, -0.05) is 6.07 Å². The molecule has 4 heterocycles. The van der Waals surface area contributed by atoms with Crippen LogP contribution in [0.2, 0.25) is 0 Å². The molecule has 4 aromatic rings. The van der Waals surface area contributed by atoms with Crippen LogP contribution in [0.3, 0.4) is 0 Å². The van der Waals surface area contributed by atoms with Crippen molar-refractivity contribution in [2.45, 2.75) is 19.6 Å². The molecule has 0 unspecified atom stereocenters. The lowest BCUT2D eigenvalue weighted by atomic mass is 10.2. The van der Waals surface area contributed by atoms with Gasteiger partial charge in [-0.05, 0) is 36.6 Å². The minimum Gasteiger partial charge on any atom is -0.479 e. The van der Waals surface area contributed by atoms with E-state index in [1.165, 1.54) is 22.2 Å². The first-order valence-corrected chi connectivity index (χ1v) is 11.2. The summed E-state index contributed by atoms with van der Waals surface area (Å²) in [6, 6.07) is 8.86. The maximum absolute atomic E-state index is 13.0. The predicted octanol–water partition coefficient (Wildman–Crippen LogP) is 3.54. The van der Waals surface area contributed by atoms with E-state index in [1.54, 1.807) is 36.5 Å². The van der Waals surface area contributed by atoms with Crippen LogP contribution >= 0.6 is 22.7 Å². The Morgan fingerprint density at radius 3 is 2.97 bits per heavy atom. The predicted molar refractivity (Wildman–Crippen MR) is 121 cm³/mol. The summed E-state index contributed by atoms with van der Waals surface area (Å²) < 4.78 is 6.81. The van der Waals surface area contributed by atoms with E-state index in [1.807, 2.05) is 22.9 Å². The molecular formula is C21H16N4O4S2. The van der Waals surface area contributed by atoms with E-state index in [0.29, 0.717) is 27.3 Å². The van der Waals surface area contributed by atoms with Gasteiger partial charge in [0.05, 0.1) is 17.4 Å². The highest BCUT2D eigenvalue weighted by Crippen LogP contribution is 2.34. The van der Waals surface area contributed by atoms with E-state index >= 15 is 0 Å². The molecule has 156 valence electrons. The van der Waals surface area contributed by atoms with Gasteiger partial charge in [0.25, 0.3) is 11.5 Å². The third-order valence-corrected chi connectivity index (χ3v) is 6.64. The quantitative estimate of drug-likeness (QED) is 0.493. The third kappa shape index (κ3) is 3.60. The lowest BCUT2D eigenvalue weighted by molar-refractivity contribution is -0.122. The van der Waals surface area contributed by atoms with Gasteiger partial charge in [0.1, 0.15) is 17.1 Å².